The van der Waals surface area contributed by atoms with Gasteiger partial charge in [0.05, 0.1) is 27.0 Å². The molecule has 2 heterocycles. The summed E-state index contributed by atoms with van der Waals surface area (Å²) in [4.78, 5) is 28.8. The van der Waals surface area contributed by atoms with Crippen LogP contribution in [0.4, 0.5) is 15.7 Å². The summed E-state index contributed by atoms with van der Waals surface area (Å²) in [6, 6.07) is 7.03. The first-order valence-electron chi connectivity index (χ1n) is 8.61. The summed E-state index contributed by atoms with van der Waals surface area (Å²) < 4.78 is 1.73. The number of urea groups is 1. The largest absolute Gasteiger partial charge is 0.341 e. The van der Waals surface area contributed by atoms with E-state index in [1.165, 1.54) is 18.3 Å². The fraction of sp³-hybridized carbons (Fsp3) is 0.222. The molecule has 0 saturated carbocycles. The molecule has 0 saturated heterocycles. The highest BCUT2D eigenvalue weighted by Gasteiger charge is 2.30. The summed E-state index contributed by atoms with van der Waals surface area (Å²) in [6.45, 7) is 1.45. The average Bonchev–Trinajstić information content (AvgIpc) is 3.22. The van der Waals surface area contributed by atoms with E-state index in [9.17, 15) is 9.59 Å². The van der Waals surface area contributed by atoms with Crippen LogP contribution < -0.4 is 16.0 Å². The van der Waals surface area contributed by atoms with E-state index in [2.05, 4.69) is 26.0 Å². The Morgan fingerprint density at radius 1 is 1.21 bits per heavy atom. The maximum atomic E-state index is 11.9. The van der Waals surface area contributed by atoms with Gasteiger partial charge in [0.1, 0.15) is 0 Å². The number of para-hydroxylation sites is 1. The van der Waals surface area contributed by atoms with Crippen molar-refractivity contribution in [3.8, 4) is 16.3 Å². The predicted molar refractivity (Wildman–Crippen MR) is 109 cm³/mol. The number of carbonyl (C=O) groups is 2. The molecule has 3 aromatic rings. The number of hydrogen-bond acceptors (Lipinski definition) is 5. The van der Waals surface area contributed by atoms with Crippen molar-refractivity contribution >= 4 is 45.8 Å². The van der Waals surface area contributed by atoms with Crippen LogP contribution in [0.1, 0.15) is 18.2 Å². The van der Waals surface area contributed by atoms with Gasteiger partial charge in [-0.1, -0.05) is 35.1 Å². The van der Waals surface area contributed by atoms with Gasteiger partial charge >= 0.3 is 6.03 Å². The van der Waals surface area contributed by atoms with Crippen LogP contribution in [0.2, 0.25) is 5.02 Å². The van der Waals surface area contributed by atoms with Crippen LogP contribution in [-0.4, -0.2) is 33.8 Å². The number of aryl methyl sites for hydroxylation is 1. The standard InChI is InChI=1S/C18H17ClN6O2S/c1-9(26)21-18-22-12-8-7-10-14(15(12)28-18)25(13-6-4-3-5-11(13)19)24-16(10)23-17(27)20-2/h3-6H,7-8H2,1-2H3,(H,21,22,26)(H2,20,23,24,27). The number of halogens is 1. The van der Waals surface area contributed by atoms with Crippen LogP contribution in [0.3, 0.4) is 0 Å². The summed E-state index contributed by atoms with van der Waals surface area (Å²) in [5.41, 5.74) is 3.33. The number of thiazole rings is 1. The van der Waals surface area contributed by atoms with Crippen LogP contribution in [0.25, 0.3) is 16.3 Å². The number of nitrogens with zero attached hydrogens (tertiary/aromatic N) is 3. The second kappa shape index (κ2) is 7.25. The van der Waals surface area contributed by atoms with Gasteiger partial charge in [-0.15, -0.1) is 5.10 Å². The molecule has 0 unspecified atom stereocenters. The van der Waals surface area contributed by atoms with Crippen molar-refractivity contribution in [1.29, 1.82) is 0 Å². The maximum absolute atomic E-state index is 11.9. The van der Waals surface area contributed by atoms with Crippen LogP contribution in [0.15, 0.2) is 24.3 Å². The van der Waals surface area contributed by atoms with Gasteiger partial charge in [0.2, 0.25) is 5.91 Å². The quantitative estimate of drug-likeness (QED) is 0.608. The second-order valence-electron chi connectivity index (χ2n) is 6.22. The second-order valence-corrected chi connectivity index (χ2v) is 7.63. The van der Waals surface area contributed by atoms with Crippen LogP contribution in [0.5, 0.6) is 0 Å². The molecule has 4 rings (SSSR count). The number of rotatable bonds is 3. The molecule has 3 amide bonds. The molecule has 2 aromatic heterocycles. The lowest BCUT2D eigenvalue weighted by atomic mass is 9.99. The molecule has 0 radical (unpaired) electrons. The van der Waals surface area contributed by atoms with Gasteiger partial charge in [0, 0.05) is 19.5 Å². The molecule has 0 bridgehead atoms. The summed E-state index contributed by atoms with van der Waals surface area (Å²) in [5.74, 6) is 0.308. The van der Waals surface area contributed by atoms with E-state index in [0.717, 1.165) is 21.8 Å². The molecule has 3 N–H and O–H groups in total. The van der Waals surface area contributed by atoms with E-state index < -0.39 is 0 Å². The number of fused-ring (bicyclic) bond motifs is 3. The minimum absolute atomic E-state index is 0.173. The van der Waals surface area contributed by atoms with Crippen molar-refractivity contribution in [1.82, 2.24) is 20.1 Å². The molecule has 28 heavy (non-hydrogen) atoms. The molecular formula is C18H17ClN6O2S. The predicted octanol–water partition coefficient (Wildman–Crippen LogP) is 3.46. The Bertz CT molecular complexity index is 1090. The van der Waals surface area contributed by atoms with Crippen molar-refractivity contribution in [3.05, 3.63) is 40.5 Å². The highest BCUT2D eigenvalue weighted by Crippen LogP contribution is 2.43. The molecule has 0 aliphatic heterocycles. The van der Waals surface area contributed by atoms with Crippen LogP contribution in [-0.2, 0) is 17.6 Å². The summed E-state index contributed by atoms with van der Waals surface area (Å²) in [7, 11) is 1.55. The zero-order valence-electron chi connectivity index (χ0n) is 15.2. The fourth-order valence-electron chi connectivity index (χ4n) is 3.14. The zero-order chi connectivity index (χ0) is 19.8. The van der Waals surface area contributed by atoms with E-state index in [1.807, 2.05) is 18.2 Å². The molecule has 10 heteroatoms. The Balaban J connectivity index is 1.91. The molecule has 1 aliphatic rings. The first-order chi connectivity index (χ1) is 13.5. The number of hydrogen-bond donors (Lipinski definition) is 3. The van der Waals surface area contributed by atoms with Crippen molar-refractivity contribution < 1.29 is 9.59 Å². The summed E-state index contributed by atoms with van der Waals surface area (Å²) in [5, 5.41) is 13.8. The zero-order valence-corrected chi connectivity index (χ0v) is 16.7. The van der Waals surface area contributed by atoms with E-state index in [1.54, 1.807) is 17.8 Å². The van der Waals surface area contributed by atoms with E-state index in [0.29, 0.717) is 34.5 Å². The van der Waals surface area contributed by atoms with Gasteiger partial charge in [-0.05, 0) is 25.0 Å². The van der Waals surface area contributed by atoms with E-state index in [-0.39, 0.29) is 11.9 Å². The molecule has 1 aromatic carbocycles. The number of amides is 3. The third-order valence-corrected chi connectivity index (χ3v) is 5.67. The summed E-state index contributed by atoms with van der Waals surface area (Å²) >= 11 is 7.80. The van der Waals surface area contributed by atoms with Crippen molar-refractivity contribution in [2.75, 3.05) is 17.7 Å². The Kier molecular flexibility index (Phi) is 4.78. The summed E-state index contributed by atoms with van der Waals surface area (Å²) in [6.07, 6.45) is 1.35. The maximum Gasteiger partial charge on any atom is 0.320 e. The van der Waals surface area contributed by atoms with Gasteiger partial charge in [0.15, 0.2) is 10.9 Å². The Labute approximate surface area is 169 Å². The van der Waals surface area contributed by atoms with Crippen molar-refractivity contribution in [3.63, 3.8) is 0 Å². The number of benzene rings is 1. The molecule has 1 aliphatic carbocycles. The van der Waals surface area contributed by atoms with Crippen molar-refractivity contribution in [2.24, 2.45) is 0 Å². The molecule has 0 fully saturated rings. The van der Waals surface area contributed by atoms with Crippen LogP contribution in [0, 0.1) is 0 Å². The topological polar surface area (TPSA) is 101 Å². The first kappa shape index (κ1) is 18.5. The van der Waals surface area contributed by atoms with Gasteiger partial charge < -0.3 is 10.6 Å². The van der Waals surface area contributed by atoms with Gasteiger partial charge in [-0.25, -0.2) is 14.5 Å². The van der Waals surface area contributed by atoms with E-state index >= 15 is 0 Å². The highest BCUT2D eigenvalue weighted by molar-refractivity contribution is 7.19. The third kappa shape index (κ3) is 3.23. The van der Waals surface area contributed by atoms with Gasteiger partial charge in [0.25, 0.3) is 0 Å². The highest BCUT2D eigenvalue weighted by atomic mass is 35.5. The monoisotopic (exact) mass is 416 g/mol. The number of anilines is 2. The molecule has 0 atom stereocenters. The molecule has 144 valence electrons. The van der Waals surface area contributed by atoms with E-state index in [4.69, 9.17) is 11.6 Å². The SMILES string of the molecule is CNC(=O)Nc1nn(-c2ccccc2Cl)c2c1CCc1nc(NC(C)=O)sc1-2. The minimum Gasteiger partial charge on any atom is -0.341 e. The number of carbonyl (C=O) groups excluding carboxylic acids is 2. The third-order valence-electron chi connectivity index (χ3n) is 4.33. The number of nitrogens with one attached hydrogen (secondary N) is 3. The number of aromatic nitrogens is 3. The minimum atomic E-state index is -0.347. The first-order valence-corrected chi connectivity index (χ1v) is 9.80. The lowest BCUT2D eigenvalue weighted by molar-refractivity contribution is -0.114. The van der Waals surface area contributed by atoms with Gasteiger partial charge in [-0.2, -0.15) is 0 Å². The van der Waals surface area contributed by atoms with Crippen molar-refractivity contribution in [2.45, 2.75) is 19.8 Å². The molecule has 8 nitrogen and oxygen atoms in total. The van der Waals surface area contributed by atoms with Crippen LogP contribution >= 0.6 is 22.9 Å². The normalized spacial score (nSPS) is 12.1. The smallest absolute Gasteiger partial charge is 0.320 e. The lowest BCUT2D eigenvalue weighted by Gasteiger charge is -2.14. The Morgan fingerprint density at radius 3 is 2.71 bits per heavy atom. The Hall–Kier alpha value is -2.91. The fourth-order valence-corrected chi connectivity index (χ4v) is 4.47. The molecule has 0 spiro atoms. The Morgan fingerprint density at radius 2 is 2.00 bits per heavy atom. The lowest BCUT2D eigenvalue weighted by Crippen LogP contribution is -2.25. The van der Waals surface area contributed by atoms with Gasteiger partial charge in [-0.3, -0.25) is 10.1 Å². The molecular weight excluding hydrogens is 400 g/mol. The average molecular weight is 417 g/mol.